The number of hydrogen-bond donors (Lipinski definition) is 15. The number of amides is 7. The van der Waals surface area contributed by atoms with Gasteiger partial charge in [0.1, 0.15) is 82.6 Å². The molecule has 0 aliphatic carbocycles. The van der Waals surface area contributed by atoms with E-state index in [2.05, 4.69) is 38.8 Å². The Morgan fingerprint density at radius 2 is 1.13 bits per heavy atom. The van der Waals surface area contributed by atoms with Crippen LogP contribution in [0.25, 0.3) is 11.1 Å². The van der Waals surface area contributed by atoms with Crippen LogP contribution in [0.15, 0.2) is 109 Å². The van der Waals surface area contributed by atoms with E-state index in [1.54, 1.807) is 4.90 Å². The first kappa shape index (κ1) is 71.8. The Kier molecular flexibility index (Phi) is 21.1. The lowest BCUT2D eigenvalue weighted by Gasteiger charge is -2.35. The van der Waals surface area contributed by atoms with Gasteiger partial charge in [-0.05, 0) is 119 Å². The number of aliphatic hydroxyl groups excluding tert-OH is 1. The number of nitrogens with two attached hydrogens (primary N) is 1. The average Bonchev–Trinajstić information content (AvgIpc) is 0.757. The van der Waals surface area contributed by atoms with Gasteiger partial charge in [0.15, 0.2) is 29.0 Å². The molecule has 16 N–H and O–H groups in total. The zero-order chi connectivity index (χ0) is 73.2. The van der Waals surface area contributed by atoms with Crippen LogP contribution in [0, 0.1) is 0 Å². The van der Waals surface area contributed by atoms with Crippen LogP contribution in [0.1, 0.15) is 139 Å². The molecule has 1 fully saturated rings. The minimum absolute atomic E-state index is 0.0141. The number of aromatic hydroxyl groups is 6. The number of benzene rings is 7. The molecule has 0 radical (unpaired) electrons. The fourth-order valence-electron chi connectivity index (χ4n) is 13.2. The van der Waals surface area contributed by atoms with Crippen molar-refractivity contribution in [1.82, 2.24) is 41.7 Å². The second-order valence-electron chi connectivity index (χ2n) is 25.9. The summed E-state index contributed by atoms with van der Waals surface area (Å²) in [5.74, 6) is -15.0. The van der Waals surface area contributed by atoms with Crippen molar-refractivity contribution in [3.05, 3.63) is 164 Å². The molecule has 7 aromatic carbocycles. The second-order valence-corrected chi connectivity index (χ2v) is 26.7. The molecule has 7 amide bonds. The molecule has 28 nitrogen and oxygen atoms in total. The number of unbranched alkanes of at least 4 members (excludes halogenated alkanes) is 6. The molecule has 0 saturated carbocycles. The Morgan fingerprint density at radius 1 is 0.534 bits per heavy atom. The van der Waals surface area contributed by atoms with Crippen LogP contribution in [0.3, 0.4) is 0 Å². The van der Waals surface area contributed by atoms with Crippen LogP contribution >= 0.6 is 23.2 Å². The van der Waals surface area contributed by atoms with E-state index in [0.717, 1.165) is 99.5 Å². The number of fused-ring (bicyclic) bond motifs is 14. The average molecular weight is 1450 g/mol. The number of carboxylic acids is 1. The molecule has 0 unspecified atom stereocenters. The second kappa shape index (κ2) is 30.3. The predicted molar refractivity (Wildman–Crippen MR) is 369 cm³/mol. The number of nitrogens with one attached hydrogen (secondary N) is 6. The van der Waals surface area contributed by atoms with Crippen LogP contribution in [0.5, 0.6) is 69.0 Å². The van der Waals surface area contributed by atoms with Crippen molar-refractivity contribution in [2.45, 2.75) is 120 Å². The summed E-state index contributed by atoms with van der Waals surface area (Å²) in [5, 5.41) is 109. The predicted octanol–water partition coefficient (Wildman–Crippen LogP) is 7.77. The first-order chi connectivity index (χ1) is 49.3. The van der Waals surface area contributed by atoms with Gasteiger partial charge in [0, 0.05) is 68.3 Å². The van der Waals surface area contributed by atoms with E-state index in [1.807, 2.05) is 4.90 Å². The molecule has 7 aliphatic rings. The van der Waals surface area contributed by atoms with Crippen molar-refractivity contribution < 1.29 is 93.4 Å². The van der Waals surface area contributed by atoms with E-state index in [-0.39, 0.29) is 98.4 Å². The van der Waals surface area contributed by atoms with Gasteiger partial charge >= 0.3 is 5.97 Å². The summed E-state index contributed by atoms with van der Waals surface area (Å²) in [6.45, 7) is 3.08. The lowest BCUT2D eigenvalue weighted by molar-refractivity contribution is -0.143. The summed E-state index contributed by atoms with van der Waals surface area (Å²) in [5.41, 5.74) is 4.20. The minimum Gasteiger partial charge on any atom is -0.508 e. The topological polar surface area (TPSA) is 431 Å². The van der Waals surface area contributed by atoms with Crippen molar-refractivity contribution in [2.24, 2.45) is 5.73 Å². The van der Waals surface area contributed by atoms with Crippen molar-refractivity contribution >= 4 is 70.5 Å². The van der Waals surface area contributed by atoms with E-state index in [1.165, 1.54) is 54.6 Å². The highest BCUT2D eigenvalue weighted by Gasteiger charge is 2.42. The van der Waals surface area contributed by atoms with Gasteiger partial charge in [-0.15, -0.1) is 0 Å². The molecule has 7 heterocycles. The summed E-state index contributed by atoms with van der Waals surface area (Å²) in [7, 11) is 0. The SMILES string of the molecule is CCCCCCCCCC(=O)N1CCN(Cc2c(O)cc3c(c2O)-c2cc(ccc2O)[C@H]2NC(=O)[C@@H]4NC(=O)[C@H]5NC(=O)[C@@H](Cc6ccc(c(Cl)c6)Oc6cc4cc(c6O)Oc4ccc(cc4Cl)[C@@H](O)[C@H](NC2=O)C(=O)N[C@@H]3C(=O)O)NC(=O)[C@H](N)c2ccc(O)c(c2)Oc2cc(O)cc5c2)CC1. The molecule has 0 aromatic heterocycles. The van der Waals surface area contributed by atoms with Crippen LogP contribution < -0.4 is 51.8 Å². The molecule has 1 saturated heterocycles. The highest BCUT2D eigenvalue weighted by Crippen LogP contribution is 2.50. The Balaban J connectivity index is 0.997. The van der Waals surface area contributed by atoms with Gasteiger partial charge in [0.25, 0.3) is 0 Å². The Morgan fingerprint density at radius 3 is 1.80 bits per heavy atom. The molecule has 14 rings (SSSR count). The van der Waals surface area contributed by atoms with Crippen molar-refractivity contribution in [1.29, 1.82) is 0 Å². The highest BCUT2D eigenvalue weighted by atomic mass is 35.5. The number of rotatable bonds is 11. The van der Waals surface area contributed by atoms with Crippen LogP contribution in [0.4, 0.5) is 0 Å². The summed E-state index contributed by atoms with van der Waals surface area (Å²) >= 11 is 13.8. The molecule has 538 valence electrons. The van der Waals surface area contributed by atoms with E-state index in [0.29, 0.717) is 25.1 Å². The number of carbonyl (C=O) groups is 8. The lowest BCUT2D eigenvalue weighted by atomic mass is 9.88. The van der Waals surface area contributed by atoms with Crippen molar-refractivity contribution in [3.63, 3.8) is 0 Å². The molecule has 0 spiro atoms. The highest BCUT2D eigenvalue weighted by molar-refractivity contribution is 6.32. The minimum atomic E-state index is -2.25. The number of ether oxygens (including phenoxy) is 3. The molecule has 7 aliphatic heterocycles. The number of aliphatic carboxylic acids is 1. The number of carboxylic acid groups (broad SMARTS) is 1. The fraction of sp³-hybridized carbons (Fsp3) is 0.315. The summed E-state index contributed by atoms with van der Waals surface area (Å²) < 4.78 is 18.6. The normalized spacial score (nSPS) is 21.3. The number of halogens is 2. The monoisotopic (exact) mass is 1450 g/mol. The first-order valence-corrected chi connectivity index (χ1v) is 34.1. The maximum atomic E-state index is 16.0. The molecule has 103 heavy (non-hydrogen) atoms. The number of phenolic OH excluding ortho intramolecular Hbond substituents is 6. The van der Waals surface area contributed by atoms with Gasteiger partial charge in [-0.1, -0.05) is 92.9 Å². The number of phenols is 6. The quantitative estimate of drug-likeness (QED) is 0.0550. The van der Waals surface area contributed by atoms with Crippen LogP contribution in [0.2, 0.25) is 10.0 Å². The number of carbonyl (C=O) groups excluding carboxylic acids is 7. The maximum absolute atomic E-state index is 16.0. The maximum Gasteiger partial charge on any atom is 0.330 e. The molecular formula is C73H73Cl2N9O19. The number of aliphatic hydroxyl groups is 1. The first-order valence-electron chi connectivity index (χ1n) is 33.4. The third-order valence-electron chi connectivity index (χ3n) is 18.8. The van der Waals surface area contributed by atoms with Crippen molar-refractivity contribution in [2.75, 3.05) is 26.2 Å². The van der Waals surface area contributed by atoms with Gasteiger partial charge < -0.3 is 97.6 Å². The molecule has 30 heteroatoms. The van der Waals surface area contributed by atoms with Gasteiger partial charge in [-0.25, -0.2) is 4.79 Å². The number of hydrogen-bond acceptors (Lipinski definition) is 20. The van der Waals surface area contributed by atoms with Crippen LogP contribution in [-0.4, -0.2) is 136 Å². The van der Waals surface area contributed by atoms with Gasteiger partial charge in [-0.3, -0.25) is 38.5 Å². The van der Waals surface area contributed by atoms with E-state index in [4.69, 9.17) is 43.1 Å². The summed E-state index contributed by atoms with van der Waals surface area (Å²) in [6, 6.07) is 7.37. The third-order valence-corrected chi connectivity index (χ3v) is 19.4. The molecular weight excluding hydrogens is 1380 g/mol. The van der Waals surface area contributed by atoms with Gasteiger partial charge in [-0.2, -0.15) is 0 Å². The van der Waals surface area contributed by atoms with E-state index < -0.39 is 152 Å². The molecule has 17 bridgehead atoms. The molecule has 8 atom stereocenters. The van der Waals surface area contributed by atoms with Crippen LogP contribution in [-0.2, 0) is 51.3 Å². The Labute approximate surface area is 598 Å². The van der Waals surface area contributed by atoms with Gasteiger partial charge in [0.05, 0.1) is 15.6 Å². The Hall–Kier alpha value is -11.0. The van der Waals surface area contributed by atoms with Gasteiger partial charge in [0.2, 0.25) is 47.1 Å². The van der Waals surface area contributed by atoms with E-state index >= 15 is 24.0 Å². The third kappa shape index (κ3) is 15.4. The zero-order valence-electron chi connectivity index (χ0n) is 55.2. The summed E-state index contributed by atoms with van der Waals surface area (Å²) in [4.78, 5) is 122. The largest absolute Gasteiger partial charge is 0.508 e. The summed E-state index contributed by atoms with van der Waals surface area (Å²) in [6.07, 6.45) is 5.08. The fourth-order valence-corrected chi connectivity index (χ4v) is 13.7. The molecule has 7 aromatic rings. The number of nitrogens with zero attached hydrogens (tertiary/aromatic N) is 2. The zero-order valence-corrected chi connectivity index (χ0v) is 56.7. The van der Waals surface area contributed by atoms with Crippen molar-refractivity contribution in [3.8, 4) is 80.1 Å². The smallest absolute Gasteiger partial charge is 0.330 e. The standard InChI is InChI=1S/C73H73Cl2N9O19/c1-2-3-4-5-6-7-8-9-56(89)84-20-18-83(19-21-84)33-44-50(88)32-43-57(65(44)91)42-26-36(12-14-48(42)86)59-69(95)82-63(72(98)81-62(43)73(99)100)64(90)37-13-17-52(46(75)27-37)103-55-30-39-29-54(66(55)92)102-51-16-10-34(22-45(51)74)23-47-67(93)78-60(70(96)80-61(39)71(97)79-59)38-24-40(85)31-41(25-38)101-53-28-35(11-15-49(53)87)58(76)68(94)77-47/h10-17,22,24-32,47,58-64,85-88,90-92H,2-9,18-21,23,33,76H2,1H3,(H,77,94)(H,78,93)(H,79,97)(H,80,96)(H,81,98)(H,82,95)(H,99,100)/t47-,58-,59-,60+,61-,62+,63+,64-/m1/s1. The van der Waals surface area contributed by atoms with E-state index in [9.17, 15) is 55.2 Å². The lowest BCUT2D eigenvalue weighted by Crippen LogP contribution is -2.55. The number of piperazine rings is 1. The Bertz CT molecular complexity index is 4570.